The maximum absolute atomic E-state index is 6.09. The van der Waals surface area contributed by atoms with Gasteiger partial charge in [-0.05, 0) is 24.5 Å². The van der Waals surface area contributed by atoms with Crippen LogP contribution >= 0.6 is 12.4 Å². The van der Waals surface area contributed by atoms with Crippen molar-refractivity contribution in [3.8, 4) is 0 Å². The van der Waals surface area contributed by atoms with Gasteiger partial charge in [0.2, 0.25) is 0 Å². The molecule has 0 atom stereocenters. The van der Waals surface area contributed by atoms with Crippen molar-refractivity contribution in [3.05, 3.63) is 90.5 Å². The molecule has 3 aromatic rings. The van der Waals surface area contributed by atoms with E-state index in [1.807, 2.05) is 55.1 Å². The Labute approximate surface area is 155 Å². The van der Waals surface area contributed by atoms with E-state index in [0.29, 0.717) is 6.61 Å². The van der Waals surface area contributed by atoms with Crippen LogP contribution in [-0.4, -0.2) is 16.2 Å². The average Bonchev–Trinajstić information content (AvgIpc) is 3.15. The van der Waals surface area contributed by atoms with Gasteiger partial charge in [-0.2, -0.15) is 0 Å². The molecule has 0 aliphatic heterocycles. The molecule has 3 nitrogen and oxygen atoms in total. The molecule has 0 spiro atoms. The highest BCUT2D eigenvalue weighted by molar-refractivity contribution is 5.85. The summed E-state index contributed by atoms with van der Waals surface area (Å²) in [5.41, 5.74) is 2.26. The summed E-state index contributed by atoms with van der Waals surface area (Å²) in [6, 6.07) is 20.6. The summed E-state index contributed by atoms with van der Waals surface area (Å²) in [5.74, 6) is 0.921. The van der Waals surface area contributed by atoms with Crippen LogP contribution in [0.5, 0.6) is 0 Å². The molecular formula is C21H23ClN2O. The molecule has 0 fully saturated rings. The van der Waals surface area contributed by atoms with E-state index in [2.05, 4.69) is 39.9 Å². The fourth-order valence-electron chi connectivity index (χ4n) is 2.51. The highest BCUT2D eigenvalue weighted by atomic mass is 35.5. The van der Waals surface area contributed by atoms with Gasteiger partial charge in [-0.1, -0.05) is 60.7 Å². The molecule has 0 aliphatic rings. The Balaban J connectivity index is 0.00000225. The number of rotatable bonds is 8. The monoisotopic (exact) mass is 354 g/mol. The van der Waals surface area contributed by atoms with Gasteiger partial charge >= 0.3 is 0 Å². The van der Waals surface area contributed by atoms with Gasteiger partial charge in [-0.15, -0.1) is 12.4 Å². The third-order valence-corrected chi connectivity index (χ3v) is 3.78. The molecule has 25 heavy (non-hydrogen) atoms. The van der Waals surface area contributed by atoms with Crippen molar-refractivity contribution < 1.29 is 4.74 Å². The first-order valence-electron chi connectivity index (χ1n) is 8.32. The van der Waals surface area contributed by atoms with Crippen LogP contribution in [0.25, 0.3) is 11.8 Å². The normalized spacial score (nSPS) is 11.0. The van der Waals surface area contributed by atoms with E-state index in [0.717, 1.165) is 36.3 Å². The highest BCUT2D eigenvalue weighted by Crippen LogP contribution is 2.20. The second-order valence-corrected chi connectivity index (χ2v) is 5.64. The Morgan fingerprint density at radius 3 is 2.36 bits per heavy atom. The SMILES string of the molecule is C(=C(\OCCCCn1ccnc1)c1ccccc1)/c1ccccc1.Cl. The summed E-state index contributed by atoms with van der Waals surface area (Å²) >= 11 is 0. The summed E-state index contributed by atoms with van der Waals surface area (Å²) in [6.07, 6.45) is 9.84. The van der Waals surface area contributed by atoms with Gasteiger partial charge in [0.05, 0.1) is 12.9 Å². The van der Waals surface area contributed by atoms with Crippen molar-refractivity contribution in [2.45, 2.75) is 19.4 Å². The Hall–Kier alpha value is -2.52. The molecule has 4 heteroatoms. The number of aryl methyl sites for hydroxylation is 1. The molecule has 2 aromatic carbocycles. The molecule has 0 saturated carbocycles. The number of hydrogen-bond donors (Lipinski definition) is 0. The molecule has 0 amide bonds. The zero-order valence-corrected chi connectivity index (χ0v) is 14.9. The van der Waals surface area contributed by atoms with Crippen LogP contribution in [0, 0.1) is 0 Å². The van der Waals surface area contributed by atoms with Gasteiger partial charge in [-0.3, -0.25) is 0 Å². The molecule has 0 N–H and O–H groups in total. The van der Waals surface area contributed by atoms with Crippen molar-refractivity contribution in [2.75, 3.05) is 6.61 Å². The molecule has 0 radical (unpaired) electrons. The minimum atomic E-state index is 0. The van der Waals surface area contributed by atoms with Crippen LogP contribution in [0.2, 0.25) is 0 Å². The second kappa shape index (κ2) is 10.4. The summed E-state index contributed by atoms with van der Waals surface area (Å²) in [6.45, 7) is 1.69. The van der Waals surface area contributed by atoms with Gasteiger partial charge in [0.25, 0.3) is 0 Å². The summed E-state index contributed by atoms with van der Waals surface area (Å²) in [4.78, 5) is 4.06. The zero-order chi connectivity index (χ0) is 16.5. The van der Waals surface area contributed by atoms with Gasteiger partial charge in [0.15, 0.2) is 0 Å². The van der Waals surface area contributed by atoms with Gasteiger partial charge in [-0.25, -0.2) is 4.98 Å². The number of ether oxygens (including phenoxy) is 1. The zero-order valence-electron chi connectivity index (χ0n) is 14.1. The van der Waals surface area contributed by atoms with Crippen molar-refractivity contribution >= 4 is 24.2 Å². The Kier molecular flexibility index (Phi) is 7.80. The van der Waals surface area contributed by atoms with Gasteiger partial charge < -0.3 is 9.30 Å². The van der Waals surface area contributed by atoms with Crippen LogP contribution in [0.3, 0.4) is 0 Å². The topological polar surface area (TPSA) is 27.1 Å². The number of imidazole rings is 1. The molecule has 3 rings (SSSR count). The summed E-state index contributed by atoms with van der Waals surface area (Å²) in [5, 5.41) is 0. The average molecular weight is 355 g/mol. The number of aromatic nitrogens is 2. The first-order chi connectivity index (χ1) is 11.9. The smallest absolute Gasteiger partial charge is 0.127 e. The van der Waals surface area contributed by atoms with E-state index in [9.17, 15) is 0 Å². The number of nitrogens with zero attached hydrogens (tertiary/aromatic N) is 2. The molecule has 130 valence electrons. The Bertz CT molecular complexity index is 740. The van der Waals surface area contributed by atoms with Crippen LogP contribution in [0.1, 0.15) is 24.0 Å². The van der Waals surface area contributed by atoms with Crippen molar-refractivity contribution in [3.63, 3.8) is 0 Å². The lowest BCUT2D eigenvalue weighted by Crippen LogP contribution is -1.99. The quantitative estimate of drug-likeness (QED) is 0.312. The number of hydrogen-bond acceptors (Lipinski definition) is 2. The molecule has 0 unspecified atom stereocenters. The van der Waals surface area contributed by atoms with E-state index in [1.165, 1.54) is 0 Å². The summed E-state index contributed by atoms with van der Waals surface area (Å²) in [7, 11) is 0. The molecule has 1 heterocycles. The van der Waals surface area contributed by atoms with Crippen LogP contribution in [0.4, 0.5) is 0 Å². The van der Waals surface area contributed by atoms with Crippen molar-refractivity contribution in [1.29, 1.82) is 0 Å². The lowest BCUT2D eigenvalue weighted by atomic mass is 10.1. The first kappa shape index (κ1) is 18.8. The number of benzene rings is 2. The fraction of sp³-hybridized carbons (Fsp3) is 0.190. The van der Waals surface area contributed by atoms with E-state index in [4.69, 9.17) is 4.74 Å². The highest BCUT2D eigenvalue weighted by Gasteiger charge is 2.03. The predicted octanol–water partition coefficient (Wildman–Crippen LogP) is 5.30. The van der Waals surface area contributed by atoms with E-state index in [-0.39, 0.29) is 12.4 Å². The second-order valence-electron chi connectivity index (χ2n) is 5.64. The molecule has 0 bridgehead atoms. The molecular weight excluding hydrogens is 332 g/mol. The van der Waals surface area contributed by atoms with Crippen LogP contribution < -0.4 is 0 Å². The Morgan fingerprint density at radius 2 is 1.68 bits per heavy atom. The lowest BCUT2D eigenvalue weighted by Gasteiger charge is -2.11. The van der Waals surface area contributed by atoms with Gasteiger partial charge in [0.1, 0.15) is 5.76 Å². The maximum atomic E-state index is 6.09. The number of halogens is 1. The largest absolute Gasteiger partial charge is 0.493 e. The van der Waals surface area contributed by atoms with Crippen LogP contribution in [-0.2, 0) is 11.3 Å². The van der Waals surface area contributed by atoms with Crippen LogP contribution in [0.15, 0.2) is 79.4 Å². The Morgan fingerprint density at radius 1 is 0.960 bits per heavy atom. The standard InChI is InChI=1S/C21H22N2O.ClH/c1-3-9-19(10-4-1)17-21(20-11-5-2-6-12-20)24-16-8-7-14-23-15-13-22-18-23;/h1-6,9-13,15,17-18H,7-8,14,16H2;1H/b21-17+;. The predicted molar refractivity (Wildman–Crippen MR) is 105 cm³/mol. The van der Waals surface area contributed by atoms with Gasteiger partial charge in [0, 0.05) is 24.5 Å². The molecule has 0 saturated heterocycles. The minimum absolute atomic E-state index is 0. The first-order valence-corrected chi connectivity index (χ1v) is 8.32. The fourth-order valence-corrected chi connectivity index (χ4v) is 2.51. The van der Waals surface area contributed by atoms with Crippen molar-refractivity contribution in [1.82, 2.24) is 9.55 Å². The minimum Gasteiger partial charge on any atom is -0.493 e. The van der Waals surface area contributed by atoms with Crippen molar-refractivity contribution in [2.24, 2.45) is 0 Å². The van der Waals surface area contributed by atoms with E-state index in [1.54, 1.807) is 0 Å². The molecule has 1 aromatic heterocycles. The van der Waals surface area contributed by atoms with E-state index < -0.39 is 0 Å². The number of unbranched alkanes of at least 4 members (excludes halogenated alkanes) is 1. The summed E-state index contributed by atoms with van der Waals surface area (Å²) < 4.78 is 8.18. The third kappa shape index (κ3) is 6.12. The lowest BCUT2D eigenvalue weighted by molar-refractivity contribution is 0.267. The molecule has 0 aliphatic carbocycles. The maximum Gasteiger partial charge on any atom is 0.127 e. The van der Waals surface area contributed by atoms with E-state index >= 15 is 0 Å². The third-order valence-electron chi connectivity index (χ3n) is 3.78.